The predicted octanol–water partition coefficient (Wildman–Crippen LogP) is 2.71. The van der Waals surface area contributed by atoms with Gasteiger partial charge in [0.05, 0.1) is 0 Å². The number of hydrogen-bond donors (Lipinski definition) is 2. The van der Waals surface area contributed by atoms with E-state index in [-0.39, 0.29) is 35.6 Å². The van der Waals surface area contributed by atoms with Gasteiger partial charge in [0.1, 0.15) is 0 Å². The zero-order chi connectivity index (χ0) is 20.1. The normalized spacial score (nSPS) is 15.0. The van der Waals surface area contributed by atoms with Gasteiger partial charge in [0, 0.05) is 47.4 Å². The number of anilines is 1. The second kappa shape index (κ2) is 8.37. The predicted molar refractivity (Wildman–Crippen MR) is 108 cm³/mol. The molecule has 0 unspecified atom stereocenters. The fraction of sp³-hybridized carbons (Fsp3) is 0.474. The molecule has 2 aliphatic rings. The summed E-state index contributed by atoms with van der Waals surface area (Å²) in [6, 6.07) is 1.85. The number of sulfonamides is 1. The van der Waals surface area contributed by atoms with Gasteiger partial charge in [-0.15, -0.1) is 0 Å². The van der Waals surface area contributed by atoms with Gasteiger partial charge in [-0.1, -0.05) is 6.07 Å². The van der Waals surface area contributed by atoms with E-state index in [1.807, 2.05) is 4.72 Å². The summed E-state index contributed by atoms with van der Waals surface area (Å²) in [5.74, 6) is -0.769. The second-order valence-corrected chi connectivity index (χ2v) is 9.27. The average Bonchev–Trinajstić information content (AvgIpc) is 3.32. The van der Waals surface area contributed by atoms with Gasteiger partial charge in [-0.2, -0.15) is 17.9 Å². The van der Waals surface area contributed by atoms with Crippen molar-refractivity contribution in [2.75, 3.05) is 5.32 Å². The number of fused-ring (bicyclic) bond motifs is 2. The number of urea groups is 1. The summed E-state index contributed by atoms with van der Waals surface area (Å²) in [6.07, 6.45) is 5.74. The molecule has 0 spiro atoms. The van der Waals surface area contributed by atoms with Gasteiger partial charge < -0.3 is 5.32 Å². The molecule has 10 heteroatoms. The molecule has 0 aliphatic heterocycles. The molecule has 7 nitrogen and oxygen atoms in total. The Labute approximate surface area is 191 Å². The van der Waals surface area contributed by atoms with E-state index in [0.717, 1.165) is 66.1 Å². The van der Waals surface area contributed by atoms with Crippen LogP contribution >= 0.6 is 0 Å². The van der Waals surface area contributed by atoms with Crippen LogP contribution in [0.25, 0.3) is 0 Å². The quantitative estimate of drug-likeness (QED) is 0.731. The van der Waals surface area contributed by atoms with Crippen molar-refractivity contribution in [2.45, 2.75) is 63.4 Å². The number of hydrogen-bond acceptors (Lipinski definition) is 4. The summed E-state index contributed by atoms with van der Waals surface area (Å²) in [5.41, 5.74) is 5.41. The molecule has 2 N–H and O–H groups in total. The molecule has 0 bridgehead atoms. The van der Waals surface area contributed by atoms with Crippen molar-refractivity contribution < 1.29 is 17.6 Å². The van der Waals surface area contributed by atoms with Crippen LogP contribution in [-0.4, -0.2) is 53.8 Å². The first-order valence-corrected chi connectivity index (χ1v) is 11.0. The van der Waals surface area contributed by atoms with Crippen molar-refractivity contribution in [3.8, 4) is 0 Å². The molecule has 1 heterocycles. The maximum atomic E-state index is 13.9. The van der Waals surface area contributed by atoms with E-state index in [1.54, 1.807) is 13.8 Å². The van der Waals surface area contributed by atoms with Gasteiger partial charge in [-0.3, -0.25) is 0 Å². The molecule has 29 heavy (non-hydrogen) atoms. The van der Waals surface area contributed by atoms with Crippen molar-refractivity contribution in [1.82, 2.24) is 14.5 Å². The molecule has 1 aromatic heterocycles. The van der Waals surface area contributed by atoms with E-state index in [1.165, 1.54) is 11.1 Å². The van der Waals surface area contributed by atoms with E-state index < -0.39 is 27.0 Å². The number of carbonyl (C=O) groups is 1. The Bertz CT molecular complexity index is 1030. The summed E-state index contributed by atoms with van der Waals surface area (Å²) in [7, 11) is -4.28. The molecule has 2 aliphatic carbocycles. The number of halogens is 1. The molecule has 0 fully saturated rings. The van der Waals surface area contributed by atoms with Crippen LogP contribution < -0.4 is 10.0 Å². The molecule has 1 radical (unpaired) electrons. The fourth-order valence-corrected chi connectivity index (χ4v) is 4.97. The molecular weight excluding hydrogens is 406 g/mol. The smallest absolute Gasteiger partial charge is 0.307 e. The van der Waals surface area contributed by atoms with Gasteiger partial charge in [-0.05, 0) is 74.6 Å². The third kappa shape index (κ3) is 4.23. The van der Waals surface area contributed by atoms with E-state index >= 15 is 0 Å². The van der Waals surface area contributed by atoms with Crippen LogP contribution in [0.4, 0.5) is 14.9 Å². The van der Waals surface area contributed by atoms with Crippen molar-refractivity contribution in [2.24, 2.45) is 0 Å². The Morgan fingerprint density at radius 3 is 2.21 bits per heavy atom. The van der Waals surface area contributed by atoms with Crippen molar-refractivity contribution in [3.63, 3.8) is 0 Å². The van der Waals surface area contributed by atoms with Crippen LogP contribution in [-0.2, 0) is 35.7 Å². The zero-order valence-corrected chi connectivity index (χ0v) is 19.7. The number of aromatic nitrogens is 2. The Hall–Kier alpha value is -1.42. The van der Waals surface area contributed by atoms with Crippen LogP contribution in [0, 0.1) is 5.95 Å². The van der Waals surface area contributed by atoms with Crippen LogP contribution in [0.15, 0.2) is 17.2 Å². The van der Waals surface area contributed by atoms with E-state index in [9.17, 15) is 17.6 Å². The number of rotatable bonds is 4. The van der Waals surface area contributed by atoms with E-state index in [2.05, 4.69) is 16.5 Å². The minimum absolute atomic E-state index is 0. The third-order valence-electron chi connectivity index (χ3n) is 5.37. The molecule has 0 saturated heterocycles. The van der Waals surface area contributed by atoms with Gasteiger partial charge in [0.15, 0.2) is 0 Å². The monoisotopic (exact) mass is 429 g/mol. The van der Waals surface area contributed by atoms with E-state index in [0.29, 0.717) is 0 Å². The summed E-state index contributed by atoms with van der Waals surface area (Å²) in [6.45, 7) is 3.37. The summed E-state index contributed by atoms with van der Waals surface area (Å²) < 4.78 is 41.8. The van der Waals surface area contributed by atoms with Gasteiger partial charge in [0.2, 0.25) is 11.0 Å². The number of benzene rings is 1. The Balaban J connectivity index is 0.00000240. The molecule has 2 aromatic rings. The molecule has 0 atom stereocenters. The van der Waals surface area contributed by atoms with Gasteiger partial charge in [0.25, 0.3) is 10.0 Å². The van der Waals surface area contributed by atoms with E-state index in [4.69, 9.17) is 0 Å². The van der Waals surface area contributed by atoms with Crippen LogP contribution in [0.2, 0.25) is 0 Å². The standard InChI is InChI=1S/C19H23FN4O3S.Na/c1-11(2)24-16(20)10-17(22-24)28(26,27)23-19(25)21-18-14-7-3-5-12(14)9-13-6-4-8-15(13)18;/h9-11H,3-8H2,1-2H3,(H2,21,23,25);. The van der Waals surface area contributed by atoms with Crippen LogP contribution in [0.5, 0.6) is 0 Å². The van der Waals surface area contributed by atoms with Gasteiger partial charge >= 0.3 is 6.03 Å². The van der Waals surface area contributed by atoms with Crippen molar-refractivity contribution in [1.29, 1.82) is 0 Å². The Morgan fingerprint density at radius 2 is 1.69 bits per heavy atom. The summed E-state index contributed by atoms with van der Waals surface area (Å²) in [4.78, 5) is 12.5. The number of amides is 2. The van der Waals surface area contributed by atoms with Crippen molar-refractivity contribution >= 4 is 51.3 Å². The topological polar surface area (TPSA) is 93.1 Å². The first-order chi connectivity index (χ1) is 13.3. The number of nitrogens with zero attached hydrogens (tertiary/aromatic N) is 2. The maximum Gasteiger partial charge on any atom is 0.333 e. The molecule has 151 valence electrons. The van der Waals surface area contributed by atoms with Crippen LogP contribution in [0.3, 0.4) is 0 Å². The first-order valence-electron chi connectivity index (χ1n) is 9.51. The zero-order valence-electron chi connectivity index (χ0n) is 16.9. The molecular formula is C19H23FN4NaO3S. The maximum absolute atomic E-state index is 13.9. The molecule has 4 rings (SSSR count). The van der Waals surface area contributed by atoms with Crippen LogP contribution in [0.1, 0.15) is 55.0 Å². The SMILES string of the molecule is CC(C)n1nc(S(=O)(=O)NC(=O)Nc2c3c(cc4c2CCC4)CCC3)cc1F.[Na]. The fourth-order valence-electron chi connectivity index (χ4n) is 4.12. The Kier molecular flexibility index (Phi) is 6.43. The average molecular weight is 429 g/mol. The van der Waals surface area contributed by atoms with Crippen molar-refractivity contribution in [3.05, 3.63) is 40.3 Å². The second-order valence-electron chi connectivity index (χ2n) is 7.64. The largest absolute Gasteiger partial charge is 0.333 e. The number of carbonyl (C=O) groups excluding carboxylic acids is 1. The summed E-state index contributed by atoms with van der Waals surface area (Å²) >= 11 is 0. The summed E-state index contributed by atoms with van der Waals surface area (Å²) in [5, 5.41) is 6.01. The minimum atomic E-state index is -4.28. The Morgan fingerprint density at radius 1 is 1.10 bits per heavy atom. The van der Waals surface area contributed by atoms with Gasteiger partial charge in [-0.25, -0.2) is 14.2 Å². The molecule has 2 amide bonds. The molecule has 1 aromatic carbocycles. The third-order valence-corrected chi connectivity index (χ3v) is 6.58. The molecule has 0 saturated carbocycles. The number of nitrogens with one attached hydrogen (secondary N) is 2. The minimum Gasteiger partial charge on any atom is -0.307 e. The first kappa shape index (κ1) is 22.3. The number of aryl methyl sites for hydroxylation is 2.